The lowest BCUT2D eigenvalue weighted by molar-refractivity contribution is 0.133. The maximum absolute atomic E-state index is 5.67. The number of unbranched alkanes of at least 4 members (excludes halogenated alkanes) is 1. The molecule has 0 aromatic heterocycles. The number of hydrogen-bond donors (Lipinski definition) is 1. The van der Waals surface area contributed by atoms with Gasteiger partial charge in [0.15, 0.2) is 0 Å². The van der Waals surface area contributed by atoms with E-state index in [0.29, 0.717) is 0 Å². The predicted octanol–water partition coefficient (Wildman–Crippen LogP) is 3.98. The SMILES string of the molecule is CCCCc1ccc(CCOCCNC(C)(C)C)cc1. The van der Waals surface area contributed by atoms with Crippen LogP contribution in [0.5, 0.6) is 0 Å². The van der Waals surface area contributed by atoms with Crippen LogP contribution in [0.25, 0.3) is 0 Å². The van der Waals surface area contributed by atoms with E-state index >= 15 is 0 Å². The summed E-state index contributed by atoms with van der Waals surface area (Å²) in [5, 5.41) is 3.42. The van der Waals surface area contributed by atoms with Gasteiger partial charge in [-0.2, -0.15) is 0 Å². The van der Waals surface area contributed by atoms with Crippen LogP contribution in [0.2, 0.25) is 0 Å². The van der Waals surface area contributed by atoms with Gasteiger partial charge in [0.2, 0.25) is 0 Å². The second-order valence-corrected chi connectivity index (χ2v) is 6.46. The zero-order valence-electron chi connectivity index (χ0n) is 13.7. The highest BCUT2D eigenvalue weighted by Crippen LogP contribution is 2.08. The molecule has 20 heavy (non-hydrogen) atoms. The molecule has 0 unspecified atom stereocenters. The molecule has 0 fully saturated rings. The van der Waals surface area contributed by atoms with Gasteiger partial charge < -0.3 is 10.1 Å². The normalized spacial score (nSPS) is 11.8. The molecule has 1 N–H and O–H groups in total. The van der Waals surface area contributed by atoms with E-state index < -0.39 is 0 Å². The quantitative estimate of drug-likeness (QED) is 0.689. The van der Waals surface area contributed by atoms with Crippen molar-refractivity contribution in [3.63, 3.8) is 0 Å². The Balaban J connectivity index is 2.13. The molecule has 0 aliphatic carbocycles. The van der Waals surface area contributed by atoms with Crippen LogP contribution in [0.1, 0.15) is 51.7 Å². The zero-order valence-corrected chi connectivity index (χ0v) is 13.7. The highest BCUT2D eigenvalue weighted by molar-refractivity contribution is 5.22. The molecule has 0 saturated heterocycles. The average Bonchev–Trinajstić information content (AvgIpc) is 2.40. The minimum absolute atomic E-state index is 0.178. The maximum atomic E-state index is 5.67. The van der Waals surface area contributed by atoms with Crippen molar-refractivity contribution in [2.75, 3.05) is 19.8 Å². The fourth-order valence-corrected chi connectivity index (χ4v) is 2.04. The van der Waals surface area contributed by atoms with Gasteiger partial charge in [-0.1, -0.05) is 37.6 Å². The summed E-state index contributed by atoms with van der Waals surface area (Å²) in [5.41, 5.74) is 3.00. The highest BCUT2D eigenvalue weighted by atomic mass is 16.5. The van der Waals surface area contributed by atoms with Crippen LogP contribution in [0.15, 0.2) is 24.3 Å². The fraction of sp³-hybridized carbons (Fsp3) is 0.667. The van der Waals surface area contributed by atoms with Crippen LogP contribution in [0.3, 0.4) is 0 Å². The van der Waals surface area contributed by atoms with Crippen LogP contribution < -0.4 is 5.32 Å². The average molecular weight is 277 g/mol. The summed E-state index contributed by atoms with van der Waals surface area (Å²) in [4.78, 5) is 0. The molecule has 2 nitrogen and oxygen atoms in total. The van der Waals surface area contributed by atoms with Crippen molar-refractivity contribution in [3.8, 4) is 0 Å². The molecule has 0 amide bonds. The molecule has 1 aromatic carbocycles. The molecule has 0 heterocycles. The minimum Gasteiger partial charge on any atom is -0.380 e. The van der Waals surface area contributed by atoms with E-state index in [2.05, 4.69) is 57.3 Å². The van der Waals surface area contributed by atoms with Crippen LogP contribution >= 0.6 is 0 Å². The topological polar surface area (TPSA) is 21.3 Å². The van der Waals surface area contributed by atoms with Crippen molar-refractivity contribution in [3.05, 3.63) is 35.4 Å². The van der Waals surface area contributed by atoms with E-state index in [1.165, 1.54) is 30.4 Å². The van der Waals surface area contributed by atoms with Gasteiger partial charge in [-0.15, -0.1) is 0 Å². The van der Waals surface area contributed by atoms with Gasteiger partial charge >= 0.3 is 0 Å². The first-order valence-corrected chi connectivity index (χ1v) is 7.92. The molecule has 0 spiro atoms. The lowest BCUT2D eigenvalue weighted by Crippen LogP contribution is -2.38. The molecule has 0 aliphatic heterocycles. The first-order valence-electron chi connectivity index (χ1n) is 7.92. The van der Waals surface area contributed by atoms with Crippen molar-refractivity contribution in [2.24, 2.45) is 0 Å². The van der Waals surface area contributed by atoms with Gasteiger partial charge in [0.25, 0.3) is 0 Å². The molecular formula is C18H31NO. The molecule has 2 heteroatoms. The summed E-state index contributed by atoms with van der Waals surface area (Å²) in [5.74, 6) is 0. The second-order valence-electron chi connectivity index (χ2n) is 6.46. The Kier molecular flexibility index (Phi) is 7.86. The molecule has 1 rings (SSSR count). The Labute approximate surface area is 124 Å². The first kappa shape index (κ1) is 17.2. The van der Waals surface area contributed by atoms with Crippen LogP contribution in [0.4, 0.5) is 0 Å². The number of nitrogens with one attached hydrogen (secondary N) is 1. The molecular weight excluding hydrogens is 246 g/mol. The van der Waals surface area contributed by atoms with Crippen molar-refractivity contribution in [1.82, 2.24) is 5.32 Å². The van der Waals surface area contributed by atoms with Crippen molar-refractivity contribution < 1.29 is 4.74 Å². The van der Waals surface area contributed by atoms with E-state index in [9.17, 15) is 0 Å². The number of rotatable bonds is 9. The molecule has 0 radical (unpaired) electrons. The third-order valence-electron chi connectivity index (χ3n) is 3.28. The number of benzene rings is 1. The number of aryl methyl sites for hydroxylation is 1. The lowest BCUT2D eigenvalue weighted by atomic mass is 10.1. The summed E-state index contributed by atoms with van der Waals surface area (Å²) >= 11 is 0. The van der Waals surface area contributed by atoms with E-state index in [0.717, 1.165) is 26.2 Å². The summed E-state index contributed by atoms with van der Waals surface area (Å²) in [6.07, 6.45) is 4.75. The van der Waals surface area contributed by atoms with E-state index in [-0.39, 0.29) is 5.54 Å². The third-order valence-corrected chi connectivity index (χ3v) is 3.28. The largest absolute Gasteiger partial charge is 0.380 e. The summed E-state index contributed by atoms with van der Waals surface area (Å²) in [7, 11) is 0. The van der Waals surface area contributed by atoms with E-state index in [1.54, 1.807) is 0 Å². The van der Waals surface area contributed by atoms with E-state index in [1.807, 2.05) is 0 Å². The minimum atomic E-state index is 0.178. The Morgan fingerprint density at radius 1 is 0.950 bits per heavy atom. The van der Waals surface area contributed by atoms with Gasteiger partial charge in [-0.3, -0.25) is 0 Å². The van der Waals surface area contributed by atoms with Crippen molar-refractivity contribution >= 4 is 0 Å². The number of ether oxygens (including phenoxy) is 1. The summed E-state index contributed by atoms with van der Waals surface area (Å²) < 4.78 is 5.67. The zero-order chi connectivity index (χ0) is 14.8. The van der Waals surface area contributed by atoms with Crippen molar-refractivity contribution in [1.29, 1.82) is 0 Å². The van der Waals surface area contributed by atoms with Crippen LogP contribution in [-0.4, -0.2) is 25.3 Å². The standard InChI is InChI=1S/C18H31NO/c1-5-6-7-16-8-10-17(11-9-16)12-14-20-15-13-19-18(2,3)4/h8-11,19H,5-7,12-15H2,1-4H3. The Bertz CT molecular complexity index is 351. The monoisotopic (exact) mass is 277 g/mol. The molecule has 0 saturated carbocycles. The smallest absolute Gasteiger partial charge is 0.0591 e. The Morgan fingerprint density at radius 2 is 1.55 bits per heavy atom. The summed E-state index contributed by atoms with van der Waals surface area (Å²) in [6, 6.07) is 8.99. The predicted molar refractivity (Wildman–Crippen MR) is 87.3 cm³/mol. The molecule has 0 bridgehead atoms. The first-order chi connectivity index (χ1) is 9.51. The van der Waals surface area contributed by atoms with Crippen LogP contribution in [0, 0.1) is 0 Å². The Hall–Kier alpha value is -0.860. The fourth-order valence-electron chi connectivity index (χ4n) is 2.04. The van der Waals surface area contributed by atoms with E-state index in [4.69, 9.17) is 4.74 Å². The number of hydrogen-bond acceptors (Lipinski definition) is 2. The highest BCUT2D eigenvalue weighted by Gasteiger charge is 2.06. The van der Waals surface area contributed by atoms with Gasteiger partial charge in [0.05, 0.1) is 13.2 Å². The molecule has 1 aromatic rings. The lowest BCUT2D eigenvalue weighted by Gasteiger charge is -2.20. The summed E-state index contributed by atoms with van der Waals surface area (Å²) in [6.45, 7) is 11.3. The Morgan fingerprint density at radius 3 is 2.10 bits per heavy atom. The molecule has 0 atom stereocenters. The van der Waals surface area contributed by atoms with Gasteiger partial charge in [-0.05, 0) is 51.2 Å². The molecule has 114 valence electrons. The van der Waals surface area contributed by atoms with Crippen LogP contribution in [-0.2, 0) is 17.6 Å². The van der Waals surface area contributed by atoms with Gasteiger partial charge in [-0.25, -0.2) is 0 Å². The maximum Gasteiger partial charge on any atom is 0.0591 e. The van der Waals surface area contributed by atoms with Gasteiger partial charge in [0.1, 0.15) is 0 Å². The second kappa shape index (κ2) is 9.15. The third kappa shape index (κ3) is 8.34. The molecule has 0 aliphatic rings. The van der Waals surface area contributed by atoms with Crippen molar-refractivity contribution in [2.45, 2.75) is 58.9 Å². The van der Waals surface area contributed by atoms with Gasteiger partial charge in [0, 0.05) is 12.1 Å².